The molecule has 0 bridgehead atoms. The van der Waals surface area contributed by atoms with Crippen molar-refractivity contribution in [1.82, 2.24) is 0 Å². The zero-order chi connectivity index (χ0) is 11.4. The smallest absolute Gasteiger partial charge is 0.341 e. The number of allylic oxidation sites excluding steroid dienone is 1. The molecular weight excluding hydrogens is 204 g/mol. The summed E-state index contributed by atoms with van der Waals surface area (Å²) in [6.45, 7) is -0.278. The van der Waals surface area contributed by atoms with E-state index in [-0.39, 0.29) is 6.61 Å². The lowest BCUT2D eigenvalue weighted by atomic mass is 10.0. The SMILES string of the molecule is O=C(O)COc1cccc2c1CCCC=C2. The second kappa shape index (κ2) is 4.84. The first kappa shape index (κ1) is 10.7. The lowest BCUT2D eigenvalue weighted by Gasteiger charge is -2.11. The second-order valence-corrected chi connectivity index (χ2v) is 3.80. The number of fused-ring (bicyclic) bond motifs is 1. The van der Waals surface area contributed by atoms with Gasteiger partial charge in [-0.15, -0.1) is 0 Å². The summed E-state index contributed by atoms with van der Waals surface area (Å²) in [5.74, 6) is -0.242. The van der Waals surface area contributed by atoms with E-state index < -0.39 is 5.97 Å². The lowest BCUT2D eigenvalue weighted by molar-refractivity contribution is -0.139. The topological polar surface area (TPSA) is 46.5 Å². The normalized spacial score (nSPS) is 14.0. The van der Waals surface area contributed by atoms with Crippen molar-refractivity contribution in [2.75, 3.05) is 6.61 Å². The highest BCUT2D eigenvalue weighted by atomic mass is 16.5. The average Bonchev–Trinajstić information content (AvgIpc) is 2.51. The van der Waals surface area contributed by atoms with Crippen LogP contribution >= 0.6 is 0 Å². The summed E-state index contributed by atoms with van der Waals surface area (Å²) in [6, 6.07) is 5.76. The first-order chi connectivity index (χ1) is 7.77. The van der Waals surface area contributed by atoms with Crippen molar-refractivity contribution >= 4 is 12.0 Å². The van der Waals surface area contributed by atoms with E-state index in [1.54, 1.807) is 0 Å². The van der Waals surface area contributed by atoms with Gasteiger partial charge in [-0.3, -0.25) is 0 Å². The molecule has 0 spiro atoms. The maximum Gasteiger partial charge on any atom is 0.341 e. The summed E-state index contributed by atoms with van der Waals surface area (Å²) in [4.78, 5) is 10.5. The van der Waals surface area contributed by atoms with Gasteiger partial charge in [-0.05, 0) is 30.9 Å². The molecule has 0 saturated carbocycles. The molecule has 1 aromatic rings. The van der Waals surface area contributed by atoms with Gasteiger partial charge < -0.3 is 9.84 Å². The molecule has 84 valence electrons. The van der Waals surface area contributed by atoms with E-state index in [4.69, 9.17) is 9.84 Å². The minimum absolute atomic E-state index is 0.278. The number of carboxylic acids is 1. The Kier molecular flexibility index (Phi) is 3.25. The zero-order valence-corrected chi connectivity index (χ0v) is 8.98. The molecular formula is C13H14O3. The van der Waals surface area contributed by atoms with Gasteiger partial charge in [0, 0.05) is 5.56 Å². The summed E-state index contributed by atoms with van der Waals surface area (Å²) in [6.07, 6.45) is 7.31. The van der Waals surface area contributed by atoms with Gasteiger partial charge in [0.1, 0.15) is 5.75 Å². The maximum atomic E-state index is 10.5. The summed E-state index contributed by atoms with van der Waals surface area (Å²) in [7, 11) is 0. The Labute approximate surface area is 94.4 Å². The molecule has 0 radical (unpaired) electrons. The van der Waals surface area contributed by atoms with Crippen LogP contribution in [0.4, 0.5) is 0 Å². The Morgan fingerprint density at radius 3 is 3.12 bits per heavy atom. The Bertz CT molecular complexity index is 421. The van der Waals surface area contributed by atoms with E-state index in [0.717, 1.165) is 30.4 Å². The van der Waals surface area contributed by atoms with E-state index in [1.807, 2.05) is 18.2 Å². The van der Waals surface area contributed by atoms with E-state index >= 15 is 0 Å². The van der Waals surface area contributed by atoms with Crippen molar-refractivity contribution in [2.45, 2.75) is 19.3 Å². The number of carbonyl (C=O) groups is 1. The Balaban J connectivity index is 2.25. The van der Waals surface area contributed by atoms with Gasteiger partial charge in [-0.2, -0.15) is 0 Å². The van der Waals surface area contributed by atoms with Crippen LogP contribution in [0.5, 0.6) is 5.75 Å². The largest absolute Gasteiger partial charge is 0.482 e. The van der Waals surface area contributed by atoms with Gasteiger partial charge in [0.2, 0.25) is 0 Å². The van der Waals surface area contributed by atoms with Crippen molar-refractivity contribution < 1.29 is 14.6 Å². The minimum atomic E-state index is -0.943. The summed E-state index contributed by atoms with van der Waals surface area (Å²) in [5, 5.41) is 8.60. The average molecular weight is 218 g/mol. The Morgan fingerprint density at radius 2 is 2.31 bits per heavy atom. The third kappa shape index (κ3) is 2.42. The molecule has 2 rings (SSSR count). The number of hydrogen-bond acceptors (Lipinski definition) is 2. The fraction of sp³-hybridized carbons (Fsp3) is 0.308. The quantitative estimate of drug-likeness (QED) is 0.847. The van der Waals surface area contributed by atoms with Crippen molar-refractivity contribution in [2.24, 2.45) is 0 Å². The van der Waals surface area contributed by atoms with E-state index in [2.05, 4.69) is 12.2 Å². The van der Waals surface area contributed by atoms with E-state index in [9.17, 15) is 4.79 Å². The number of hydrogen-bond donors (Lipinski definition) is 1. The third-order valence-electron chi connectivity index (χ3n) is 2.62. The molecule has 0 amide bonds. The standard InChI is InChI=1S/C13H14O3/c14-13(15)9-16-12-8-4-6-10-5-2-1-3-7-11(10)12/h2,4-6,8H,1,3,7,9H2,(H,14,15). The fourth-order valence-electron chi connectivity index (χ4n) is 1.89. The van der Waals surface area contributed by atoms with Gasteiger partial charge >= 0.3 is 5.97 Å². The lowest BCUT2D eigenvalue weighted by Crippen LogP contribution is -2.10. The van der Waals surface area contributed by atoms with Crippen LogP contribution in [0.3, 0.4) is 0 Å². The molecule has 0 aliphatic heterocycles. The van der Waals surface area contributed by atoms with Crippen LogP contribution in [0.2, 0.25) is 0 Å². The van der Waals surface area contributed by atoms with Gasteiger partial charge in [-0.1, -0.05) is 24.3 Å². The first-order valence-corrected chi connectivity index (χ1v) is 5.40. The Morgan fingerprint density at radius 1 is 1.44 bits per heavy atom. The van der Waals surface area contributed by atoms with Crippen LogP contribution in [-0.2, 0) is 11.2 Å². The van der Waals surface area contributed by atoms with Gasteiger partial charge in [0.05, 0.1) is 0 Å². The highest BCUT2D eigenvalue weighted by Crippen LogP contribution is 2.27. The molecule has 1 aromatic carbocycles. The maximum absolute atomic E-state index is 10.5. The van der Waals surface area contributed by atoms with Crippen molar-refractivity contribution in [3.05, 3.63) is 35.4 Å². The number of ether oxygens (including phenoxy) is 1. The fourth-order valence-corrected chi connectivity index (χ4v) is 1.89. The molecule has 0 fully saturated rings. The molecule has 0 aromatic heterocycles. The molecule has 3 heteroatoms. The summed E-state index contributed by atoms with van der Waals surface area (Å²) < 4.78 is 5.29. The number of carboxylic acid groups (broad SMARTS) is 1. The van der Waals surface area contributed by atoms with E-state index in [0.29, 0.717) is 5.75 Å². The highest BCUT2D eigenvalue weighted by molar-refractivity contribution is 5.69. The first-order valence-electron chi connectivity index (χ1n) is 5.40. The van der Waals surface area contributed by atoms with Crippen LogP contribution in [0.1, 0.15) is 24.0 Å². The molecule has 0 saturated heterocycles. The van der Waals surface area contributed by atoms with Gasteiger partial charge in [0.15, 0.2) is 6.61 Å². The van der Waals surface area contributed by atoms with Crippen molar-refractivity contribution in [1.29, 1.82) is 0 Å². The van der Waals surface area contributed by atoms with Crippen molar-refractivity contribution in [3.8, 4) is 5.75 Å². The second-order valence-electron chi connectivity index (χ2n) is 3.80. The molecule has 0 atom stereocenters. The molecule has 16 heavy (non-hydrogen) atoms. The third-order valence-corrected chi connectivity index (χ3v) is 2.62. The van der Waals surface area contributed by atoms with Crippen LogP contribution in [0.25, 0.3) is 6.08 Å². The van der Waals surface area contributed by atoms with Crippen LogP contribution in [0, 0.1) is 0 Å². The van der Waals surface area contributed by atoms with Crippen LogP contribution in [0.15, 0.2) is 24.3 Å². The van der Waals surface area contributed by atoms with Crippen LogP contribution < -0.4 is 4.74 Å². The molecule has 0 unspecified atom stereocenters. The molecule has 1 aliphatic carbocycles. The number of aliphatic carboxylic acids is 1. The molecule has 3 nitrogen and oxygen atoms in total. The molecule has 1 aliphatic rings. The van der Waals surface area contributed by atoms with Gasteiger partial charge in [0.25, 0.3) is 0 Å². The minimum Gasteiger partial charge on any atom is -0.482 e. The van der Waals surface area contributed by atoms with Gasteiger partial charge in [-0.25, -0.2) is 4.79 Å². The predicted molar refractivity (Wildman–Crippen MR) is 61.5 cm³/mol. The van der Waals surface area contributed by atoms with E-state index in [1.165, 1.54) is 0 Å². The number of benzene rings is 1. The zero-order valence-electron chi connectivity index (χ0n) is 8.98. The highest BCUT2D eigenvalue weighted by Gasteiger charge is 2.10. The molecule has 1 N–H and O–H groups in total. The molecule has 0 heterocycles. The Hall–Kier alpha value is -1.77. The van der Waals surface area contributed by atoms with Crippen molar-refractivity contribution in [3.63, 3.8) is 0 Å². The van der Waals surface area contributed by atoms with Crippen LogP contribution in [-0.4, -0.2) is 17.7 Å². The summed E-state index contributed by atoms with van der Waals surface area (Å²) in [5.41, 5.74) is 2.26. The predicted octanol–water partition coefficient (Wildman–Crippen LogP) is 2.50. The monoisotopic (exact) mass is 218 g/mol. The number of rotatable bonds is 3. The summed E-state index contributed by atoms with van der Waals surface area (Å²) >= 11 is 0.